The van der Waals surface area contributed by atoms with Gasteiger partial charge >= 0.3 is 0 Å². The van der Waals surface area contributed by atoms with Gasteiger partial charge in [0, 0.05) is 19.2 Å². The van der Waals surface area contributed by atoms with E-state index in [1.54, 1.807) is 7.05 Å². The lowest BCUT2D eigenvalue weighted by Crippen LogP contribution is -2.29. The topological polar surface area (TPSA) is 53.4 Å². The van der Waals surface area contributed by atoms with E-state index in [9.17, 15) is 4.79 Å². The molecule has 1 N–H and O–H groups in total. The molecular formula is C16H20N2O2S. The molecule has 0 bridgehead atoms. The zero-order valence-electron chi connectivity index (χ0n) is 12.6. The van der Waals surface area contributed by atoms with Crippen LogP contribution in [-0.4, -0.2) is 41.1 Å². The van der Waals surface area contributed by atoms with Crippen LogP contribution in [0.2, 0.25) is 0 Å². The Morgan fingerprint density at radius 3 is 2.57 bits per heavy atom. The van der Waals surface area contributed by atoms with Gasteiger partial charge in [0.2, 0.25) is 0 Å². The Morgan fingerprint density at radius 1 is 1.33 bits per heavy atom. The number of nitrogens with zero attached hydrogens (tertiary/aromatic N) is 2. The van der Waals surface area contributed by atoms with E-state index in [-0.39, 0.29) is 12.5 Å². The Labute approximate surface area is 129 Å². The van der Waals surface area contributed by atoms with Crippen molar-refractivity contribution in [3.8, 4) is 10.6 Å². The Hall–Kier alpha value is -1.72. The summed E-state index contributed by atoms with van der Waals surface area (Å²) in [6.45, 7) is 4.26. The minimum absolute atomic E-state index is 0.0363. The van der Waals surface area contributed by atoms with E-state index in [2.05, 4.69) is 24.0 Å². The summed E-state index contributed by atoms with van der Waals surface area (Å²) in [5.41, 5.74) is 3.06. The Balaban J connectivity index is 2.27. The third kappa shape index (κ3) is 3.49. The number of aliphatic hydroxyl groups excluding tert-OH is 1. The molecule has 112 valence electrons. The van der Waals surface area contributed by atoms with Gasteiger partial charge in [-0.1, -0.05) is 31.2 Å². The maximum atomic E-state index is 12.3. The van der Waals surface area contributed by atoms with Crippen molar-refractivity contribution in [3.63, 3.8) is 0 Å². The van der Waals surface area contributed by atoms with E-state index in [0.717, 1.165) is 22.7 Å². The SMILES string of the molecule is CCc1ccc(-c2nc(C)c(C(=O)N(C)CCO)s2)cc1. The predicted octanol–water partition coefficient (Wildman–Crippen LogP) is 2.75. The fraction of sp³-hybridized carbons (Fsp3) is 0.375. The number of carbonyl (C=O) groups excluding carboxylic acids is 1. The van der Waals surface area contributed by atoms with Crippen molar-refractivity contribution in [2.75, 3.05) is 20.2 Å². The second-order valence-electron chi connectivity index (χ2n) is 4.93. The van der Waals surface area contributed by atoms with Crippen LogP contribution in [0.1, 0.15) is 27.9 Å². The van der Waals surface area contributed by atoms with Gasteiger partial charge in [-0.25, -0.2) is 4.98 Å². The predicted molar refractivity (Wildman–Crippen MR) is 85.7 cm³/mol. The van der Waals surface area contributed by atoms with E-state index >= 15 is 0 Å². The number of aryl methyl sites for hydroxylation is 2. The highest BCUT2D eigenvalue weighted by Crippen LogP contribution is 2.28. The van der Waals surface area contributed by atoms with Gasteiger partial charge in [-0.2, -0.15) is 0 Å². The number of hydrogen-bond donors (Lipinski definition) is 1. The molecule has 21 heavy (non-hydrogen) atoms. The van der Waals surface area contributed by atoms with Crippen LogP contribution >= 0.6 is 11.3 Å². The summed E-state index contributed by atoms with van der Waals surface area (Å²) in [6.07, 6.45) is 1.01. The monoisotopic (exact) mass is 304 g/mol. The molecule has 0 aliphatic heterocycles. The molecule has 0 spiro atoms. The van der Waals surface area contributed by atoms with Crippen LogP contribution in [0.25, 0.3) is 10.6 Å². The molecule has 1 aromatic heterocycles. The van der Waals surface area contributed by atoms with Gasteiger partial charge in [0.25, 0.3) is 5.91 Å². The Bertz CT molecular complexity index is 620. The van der Waals surface area contributed by atoms with E-state index in [4.69, 9.17) is 5.11 Å². The summed E-state index contributed by atoms with van der Waals surface area (Å²) in [5.74, 6) is -0.0875. The molecule has 4 nitrogen and oxygen atoms in total. The van der Waals surface area contributed by atoms with Gasteiger partial charge < -0.3 is 10.0 Å². The zero-order chi connectivity index (χ0) is 15.4. The van der Waals surface area contributed by atoms with Gasteiger partial charge in [-0.3, -0.25) is 4.79 Å². The minimum atomic E-state index is -0.0875. The Kier molecular flexibility index (Phi) is 5.09. The summed E-state index contributed by atoms with van der Waals surface area (Å²) in [4.78, 5) is 19.0. The highest BCUT2D eigenvalue weighted by atomic mass is 32.1. The van der Waals surface area contributed by atoms with Crippen molar-refractivity contribution in [2.45, 2.75) is 20.3 Å². The molecule has 1 aromatic carbocycles. The maximum Gasteiger partial charge on any atom is 0.265 e. The number of aliphatic hydroxyl groups is 1. The molecule has 1 heterocycles. The van der Waals surface area contributed by atoms with Crippen molar-refractivity contribution in [1.29, 1.82) is 0 Å². The molecule has 0 unspecified atom stereocenters. The van der Waals surface area contributed by atoms with Crippen LogP contribution in [0.15, 0.2) is 24.3 Å². The molecule has 0 aliphatic rings. The second kappa shape index (κ2) is 6.83. The first-order valence-corrected chi connectivity index (χ1v) is 7.81. The average Bonchev–Trinajstić information content (AvgIpc) is 2.88. The van der Waals surface area contributed by atoms with Crippen molar-refractivity contribution < 1.29 is 9.90 Å². The smallest absolute Gasteiger partial charge is 0.265 e. The van der Waals surface area contributed by atoms with Crippen LogP contribution in [0.3, 0.4) is 0 Å². The largest absolute Gasteiger partial charge is 0.395 e. The molecular weight excluding hydrogens is 284 g/mol. The number of likely N-dealkylation sites (N-methyl/N-ethyl adjacent to an activating group) is 1. The minimum Gasteiger partial charge on any atom is -0.395 e. The highest BCUT2D eigenvalue weighted by Gasteiger charge is 2.19. The summed E-state index contributed by atoms with van der Waals surface area (Å²) < 4.78 is 0. The number of aromatic nitrogens is 1. The molecule has 2 aromatic rings. The fourth-order valence-corrected chi connectivity index (χ4v) is 3.09. The first-order valence-electron chi connectivity index (χ1n) is 6.99. The molecule has 0 saturated carbocycles. The number of amides is 1. The van der Waals surface area contributed by atoms with E-state index in [1.165, 1.54) is 21.8 Å². The Morgan fingerprint density at radius 2 is 2.00 bits per heavy atom. The fourth-order valence-electron chi connectivity index (χ4n) is 2.03. The molecule has 5 heteroatoms. The van der Waals surface area contributed by atoms with Crippen LogP contribution in [0, 0.1) is 6.92 Å². The molecule has 0 fully saturated rings. The third-order valence-corrected chi connectivity index (χ3v) is 4.58. The lowest BCUT2D eigenvalue weighted by Gasteiger charge is -2.14. The van der Waals surface area contributed by atoms with E-state index in [1.807, 2.05) is 19.1 Å². The molecule has 2 rings (SSSR count). The average molecular weight is 304 g/mol. The summed E-state index contributed by atoms with van der Waals surface area (Å²) >= 11 is 1.40. The van der Waals surface area contributed by atoms with Gasteiger partial charge in [0.05, 0.1) is 12.3 Å². The first kappa shape index (κ1) is 15.7. The number of rotatable bonds is 5. The van der Waals surface area contributed by atoms with Crippen LogP contribution < -0.4 is 0 Å². The zero-order valence-corrected chi connectivity index (χ0v) is 13.4. The van der Waals surface area contributed by atoms with Gasteiger partial charge in [0.1, 0.15) is 9.88 Å². The quantitative estimate of drug-likeness (QED) is 0.924. The lowest BCUT2D eigenvalue weighted by atomic mass is 10.1. The molecule has 0 saturated heterocycles. The molecule has 0 aliphatic carbocycles. The van der Waals surface area contributed by atoms with Crippen molar-refractivity contribution in [2.24, 2.45) is 0 Å². The number of thiazole rings is 1. The highest BCUT2D eigenvalue weighted by molar-refractivity contribution is 7.17. The molecule has 0 atom stereocenters. The second-order valence-corrected chi connectivity index (χ2v) is 5.93. The van der Waals surface area contributed by atoms with Crippen molar-refractivity contribution in [1.82, 2.24) is 9.88 Å². The van der Waals surface area contributed by atoms with Gasteiger partial charge in [-0.05, 0) is 18.9 Å². The molecule has 1 amide bonds. The van der Waals surface area contributed by atoms with Crippen LogP contribution in [0.5, 0.6) is 0 Å². The lowest BCUT2D eigenvalue weighted by molar-refractivity contribution is 0.0771. The third-order valence-electron chi connectivity index (χ3n) is 3.38. The van der Waals surface area contributed by atoms with Gasteiger partial charge in [0.15, 0.2) is 0 Å². The maximum absolute atomic E-state index is 12.3. The number of benzene rings is 1. The standard InChI is InChI=1S/C16H20N2O2S/c1-4-12-5-7-13(8-6-12)15-17-11(2)14(21-15)16(20)18(3)9-10-19/h5-8,19H,4,9-10H2,1-3H3. The van der Waals surface area contributed by atoms with Crippen molar-refractivity contribution in [3.05, 3.63) is 40.4 Å². The number of carbonyl (C=O) groups is 1. The first-order chi connectivity index (χ1) is 10.1. The van der Waals surface area contributed by atoms with Crippen LogP contribution in [0.4, 0.5) is 0 Å². The normalized spacial score (nSPS) is 10.7. The summed E-state index contributed by atoms with van der Waals surface area (Å²) in [6, 6.07) is 8.27. The summed E-state index contributed by atoms with van der Waals surface area (Å²) in [5, 5.41) is 9.79. The summed E-state index contributed by atoms with van der Waals surface area (Å²) in [7, 11) is 1.69. The van der Waals surface area contributed by atoms with E-state index in [0.29, 0.717) is 11.4 Å². The van der Waals surface area contributed by atoms with E-state index < -0.39 is 0 Å². The number of hydrogen-bond acceptors (Lipinski definition) is 4. The van der Waals surface area contributed by atoms with Gasteiger partial charge in [-0.15, -0.1) is 11.3 Å². The molecule has 0 radical (unpaired) electrons. The van der Waals surface area contributed by atoms with Crippen LogP contribution in [-0.2, 0) is 6.42 Å². The van der Waals surface area contributed by atoms with Crippen molar-refractivity contribution >= 4 is 17.2 Å².